The number of nitrogens with one attached hydrogen (secondary N) is 2. The number of hydrogen-bond acceptors (Lipinski definition) is 4. The van der Waals surface area contributed by atoms with Crippen molar-refractivity contribution >= 4 is 11.6 Å². The Morgan fingerprint density at radius 3 is 2.73 bits per heavy atom. The van der Waals surface area contributed by atoms with E-state index < -0.39 is 0 Å². The number of amides is 1. The molecule has 6 heteroatoms. The van der Waals surface area contributed by atoms with Gasteiger partial charge < -0.3 is 20.3 Å². The lowest BCUT2D eigenvalue weighted by Gasteiger charge is -2.35. The molecule has 1 unspecified atom stereocenters. The Morgan fingerprint density at radius 2 is 2.00 bits per heavy atom. The first-order valence-corrected chi connectivity index (χ1v) is 7.84. The lowest BCUT2D eigenvalue weighted by atomic mass is 10.1. The highest BCUT2D eigenvalue weighted by Crippen LogP contribution is 2.17. The van der Waals surface area contributed by atoms with E-state index in [1.54, 1.807) is 12.1 Å². The zero-order valence-corrected chi connectivity index (χ0v) is 12.6. The maximum atomic E-state index is 13.0. The van der Waals surface area contributed by atoms with Gasteiger partial charge in [-0.25, -0.2) is 4.39 Å². The molecule has 5 nitrogen and oxygen atoms in total. The molecule has 0 aromatic heterocycles. The summed E-state index contributed by atoms with van der Waals surface area (Å²) in [7, 11) is 0. The van der Waals surface area contributed by atoms with E-state index in [4.69, 9.17) is 4.74 Å². The molecular weight excluding hydrogens is 285 g/mol. The largest absolute Gasteiger partial charge is 0.381 e. The third-order valence-corrected chi connectivity index (χ3v) is 4.25. The molecule has 2 aliphatic rings. The van der Waals surface area contributed by atoms with Crippen molar-refractivity contribution in [2.75, 3.05) is 37.7 Å². The van der Waals surface area contributed by atoms with Crippen molar-refractivity contribution in [2.24, 2.45) is 0 Å². The standard InChI is InChI=1S/C16H22FN3O2/c17-12-1-3-14(4-2-12)20-8-7-18-15(11-20)16(21)19-13-5-9-22-10-6-13/h1-4,13,15,18H,5-11H2,(H,19,21). The van der Waals surface area contributed by atoms with Crippen LogP contribution in [0.2, 0.25) is 0 Å². The number of anilines is 1. The average Bonchev–Trinajstić information content (AvgIpc) is 2.56. The van der Waals surface area contributed by atoms with Crippen molar-refractivity contribution in [1.29, 1.82) is 0 Å². The predicted octanol–water partition coefficient (Wildman–Crippen LogP) is 0.899. The fourth-order valence-electron chi connectivity index (χ4n) is 2.96. The number of carbonyl (C=O) groups is 1. The van der Waals surface area contributed by atoms with Crippen LogP contribution in [0, 0.1) is 5.82 Å². The molecule has 0 saturated carbocycles. The number of piperazine rings is 1. The summed E-state index contributed by atoms with van der Waals surface area (Å²) in [5, 5.41) is 6.36. The molecule has 1 aromatic carbocycles. The van der Waals surface area contributed by atoms with Crippen LogP contribution in [-0.2, 0) is 9.53 Å². The molecule has 1 amide bonds. The highest BCUT2D eigenvalue weighted by atomic mass is 19.1. The first-order chi connectivity index (χ1) is 10.7. The smallest absolute Gasteiger partial charge is 0.239 e. The Balaban J connectivity index is 1.57. The number of rotatable bonds is 3. The minimum atomic E-state index is -0.243. The third-order valence-electron chi connectivity index (χ3n) is 4.25. The van der Waals surface area contributed by atoms with Crippen molar-refractivity contribution in [3.63, 3.8) is 0 Å². The summed E-state index contributed by atoms with van der Waals surface area (Å²) >= 11 is 0. The first kappa shape index (κ1) is 15.2. The van der Waals surface area contributed by atoms with E-state index in [2.05, 4.69) is 15.5 Å². The van der Waals surface area contributed by atoms with Gasteiger partial charge in [-0.15, -0.1) is 0 Å². The van der Waals surface area contributed by atoms with Gasteiger partial charge in [-0.3, -0.25) is 4.79 Å². The highest BCUT2D eigenvalue weighted by molar-refractivity contribution is 5.83. The summed E-state index contributed by atoms with van der Waals surface area (Å²) in [6.45, 7) is 3.58. The molecule has 2 aliphatic heterocycles. The lowest BCUT2D eigenvalue weighted by Crippen LogP contribution is -2.58. The minimum Gasteiger partial charge on any atom is -0.381 e. The van der Waals surface area contributed by atoms with Gasteiger partial charge in [-0.1, -0.05) is 0 Å². The number of nitrogens with zero attached hydrogens (tertiary/aromatic N) is 1. The van der Waals surface area contributed by atoms with E-state index in [1.807, 2.05) is 0 Å². The van der Waals surface area contributed by atoms with Crippen LogP contribution in [0.3, 0.4) is 0 Å². The van der Waals surface area contributed by atoms with Crippen molar-refractivity contribution in [2.45, 2.75) is 24.9 Å². The van der Waals surface area contributed by atoms with Gasteiger partial charge in [0.25, 0.3) is 0 Å². The quantitative estimate of drug-likeness (QED) is 0.871. The summed E-state index contributed by atoms with van der Waals surface area (Å²) in [5.41, 5.74) is 0.951. The van der Waals surface area contributed by atoms with E-state index in [9.17, 15) is 9.18 Å². The molecule has 2 saturated heterocycles. The topological polar surface area (TPSA) is 53.6 Å². The third kappa shape index (κ3) is 3.75. The van der Waals surface area contributed by atoms with Crippen LogP contribution >= 0.6 is 0 Å². The highest BCUT2D eigenvalue weighted by Gasteiger charge is 2.27. The Kier molecular flexibility index (Phi) is 4.90. The Labute approximate surface area is 129 Å². The second kappa shape index (κ2) is 7.07. The molecule has 1 atom stereocenters. The molecule has 1 aromatic rings. The van der Waals surface area contributed by atoms with Crippen LogP contribution < -0.4 is 15.5 Å². The van der Waals surface area contributed by atoms with Gasteiger partial charge in [0.2, 0.25) is 5.91 Å². The van der Waals surface area contributed by atoms with Gasteiger partial charge in [0.05, 0.1) is 0 Å². The number of ether oxygens (including phenoxy) is 1. The number of benzene rings is 1. The molecule has 0 aliphatic carbocycles. The summed E-state index contributed by atoms with van der Waals surface area (Å²) < 4.78 is 18.3. The van der Waals surface area contributed by atoms with E-state index in [-0.39, 0.29) is 23.8 Å². The van der Waals surface area contributed by atoms with Crippen LogP contribution in [0.1, 0.15) is 12.8 Å². The summed E-state index contributed by atoms with van der Waals surface area (Å²) in [6, 6.07) is 6.40. The van der Waals surface area contributed by atoms with E-state index in [0.29, 0.717) is 19.8 Å². The maximum Gasteiger partial charge on any atom is 0.239 e. The molecule has 0 bridgehead atoms. The van der Waals surface area contributed by atoms with Crippen molar-refractivity contribution in [3.8, 4) is 0 Å². The number of halogens is 1. The summed E-state index contributed by atoms with van der Waals surface area (Å²) in [6.07, 6.45) is 1.75. The van der Waals surface area contributed by atoms with Crippen LogP contribution in [0.15, 0.2) is 24.3 Å². The number of carbonyl (C=O) groups excluding carboxylic acids is 1. The molecule has 2 fully saturated rings. The van der Waals surface area contributed by atoms with Gasteiger partial charge in [0.15, 0.2) is 0 Å². The van der Waals surface area contributed by atoms with Crippen LogP contribution in [-0.4, -0.2) is 50.8 Å². The minimum absolute atomic E-state index is 0.0405. The Morgan fingerprint density at radius 1 is 1.27 bits per heavy atom. The Bertz CT molecular complexity index is 503. The monoisotopic (exact) mass is 307 g/mol. The van der Waals surface area contributed by atoms with Crippen molar-refractivity contribution in [3.05, 3.63) is 30.1 Å². The molecule has 2 heterocycles. The second-order valence-corrected chi connectivity index (χ2v) is 5.82. The van der Waals surface area contributed by atoms with Crippen LogP contribution in [0.25, 0.3) is 0 Å². The van der Waals surface area contributed by atoms with Gasteiger partial charge in [-0.05, 0) is 37.1 Å². The molecule has 0 radical (unpaired) electrons. The number of hydrogen-bond donors (Lipinski definition) is 2. The molecular formula is C16H22FN3O2. The summed E-state index contributed by atoms with van der Waals surface area (Å²) in [5.74, 6) is -0.202. The van der Waals surface area contributed by atoms with Gasteiger partial charge in [0.1, 0.15) is 11.9 Å². The van der Waals surface area contributed by atoms with E-state index in [1.165, 1.54) is 12.1 Å². The summed E-state index contributed by atoms with van der Waals surface area (Å²) in [4.78, 5) is 14.5. The molecule has 120 valence electrons. The van der Waals surface area contributed by atoms with Gasteiger partial charge in [0, 0.05) is 44.6 Å². The van der Waals surface area contributed by atoms with E-state index >= 15 is 0 Å². The van der Waals surface area contributed by atoms with Crippen LogP contribution in [0.4, 0.5) is 10.1 Å². The Hall–Kier alpha value is -1.66. The zero-order chi connectivity index (χ0) is 15.4. The molecule has 0 spiro atoms. The second-order valence-electron chi connectivity index (χ2n) is 5.82. The normalized spacial score (nSPS) is 23.3. The fourth-order valence-corrected chi connectivity index (χ4v) is 2.96. The maximum absolute atomic E-state index is 13.0. The van der Waals surface area contributed by atoms with Crippen LogP contribution in [0.5, 0.6) is 0 Å². The van der Waals surface area contributed by atoms with Crippen molar-refractivity contribution in [1.82, 2.24) is 10.6 Å². The van der Waals surface area contributed by atoms with Crippen molar-refractivity contribution < 1.29 is 13.9 Å². The van der Waals surface area contributed by atoms with Gasteiger partial charge in [-0.2, -0.15) is 0 Å². The SMILES string of the molecule is O=C(NC1CCOCC1)C1CN(c2ccc(F)cc2)CCN1. The fraction of sp³-hybridized carbons (Fsp3) is 0.562. The van der Waals surface area contributed by atoms with E-state index in [0.717, 1.165) is 31.6 Å². The molecule has 22 heavy (non-hydrogen) atoms. The molecule has 3 rings (SSSR count). The predicted molar refractivity (Wildman–Crippen MR) is 82.4 cm³/mol. The van der Waals surface area contributed by atoms with Gasteiger partial charge >= 0.3 is 0 Å². The molecule has 2 N–H and O–H groups in total. The zero-order valence-electron chi connectivity index (χ0n) is 12.6. The first-order valence-electron chi connectivity index (χ1n) is 7.84. The lowest BCUT2D eigenvalue weighted by molar-refractivity contribution is -0.124. The average molecular weight is 307 g/mol.